The smallest absolute Gasteiger partial charge is 0.257 e. The van der Waals surface area contributed by atoms with Crippen LogP contribution in [0.15, 0.2) is 40.9 Å². The van der Waals surface area contributed by atoms with Crippen molar-refractivity contribution in [1.82, 2.24) is 0 Å². The van der Waals surface area contributed by atoms with Crippen LogP contribution in [0, 0.1) is 17.1 Å². The maximum atomic E-state index is 13.5. The van der Waals surface area contributed by atoms with Gasteiger partial charge in [-0.3, -0.25) is 4.79 Å². The van der Waals surface area contributed by atoms with Crippen molar-refractivity contribution in [3.05, 3.63) is 57.8 Å². The van der Waals surface area contributed by atoms with E-state index in [1.54, 1.807) is 18.2 Å². The normalized spacial score (nSPS) is 9.81. The Hall–Kier alpha value is -2.39. The highest BCUT2D eigenvalue weighted by atomic mass is 79.9. The number of methoxy groups -OCH3 is 1. The fourth-order valence-electron chi connectivity index (χ4n) is 1.78. The third-order valence-corrected chi connectivity index (χ3v) is 3.61. The topological polar surface area (TPSA) is 62.1 Å². The van der Waals surface area contributed by atoms with E-state index in [0.29, 0.717) is 5.75 Å². The van der Waals surface area contributed by atoms with Crippen LogP contribution in [-0.4, -0.2) is 13.0 Å². The van der Waals surface area contributed by atoms with Gasteiger partial charge in [-0.15, -0.1) is 0 Å². The number of benzene rings is 2. The zero-order valence-electron chi connectivity index (χ0n) is 11.0. The summed E-state index contributed by atoms with van der Waals surface area (Å²) >= 11 is 3.03. The van der Waals surface area contributed by atoms with E-state index in [1.165, 1.54) is 25.3 Å². The van der Waals surface area contributed by atoms with Gasteiger partial charge in [0.2, 0.25) is 0 Å². The molecule has 4 nitrogen and oxygen atoms in total. The molecule has 106 valence electrons. The van der Waals surface area contributed by atoms with Crippen LogP contribution in [0.25, 0.3) is 0 Å². The molecule has 0 unspecified atom stereocenters. The highest BCUT2D eigenvalue weighted by Crippen LogP contribution is 2.29. The summed E-state index contributed by atoms with van der Waals surface area (Å²) in [6.07, 6.45) is 0. The number of anilines is 1. The van der Waals surface area contributed by atoms with E-state index in [1.807, 2.05) is 6.07 Å². The molecular weight excluding hydrogens is 339 g/mol. The Bertz CT molecular complexity index is 741. The number of carbonyl (C=O) groups excluding carboxylic acids is 1. The first-order chi connectivity index (χ1) is 10.1. The number of rotatable bonds is 3. The molecule has 2 aromatic rings. The van der Waals surface area contributed by atoms with Gasteiger partial charge < -0.3 is 10.1 Å². The molecule has 0 fully saturated rings. The monoisotopic (exact) mass is 348 g/mol. The number of ether oxygens (including phenoxy) is 1. The van der Waals surface area contributed by atoms with E-state index in [-0.39, 0.29) is 21.3 Å². The van der Waals surface area contributed by atoms with Gasteiger partial charge in [-0.1, -0.05) is 12.1 Å². The Morgan fingerprint density at radius 3 is 2.71 bits per heavy atom. The standard InChI is InChI=1S/C15H10BrFN2O2/c1-21-12-7-2-4-9(8-18)14(12)19-15(20)10-5-3-6-11(17)13(10)16/h2-7H,1H3,(H,19,20). The molecule has 21 heavy (non-hydrogen) atoms. The predicted octanol–water partition coefficient (Wildman–Crippen LogP) is 3.72. The minimum atomic E-state index is -0.539. The van der Waals surface area contributed by atoms with Crippen molar-refractivity contribution in [2.24, 2.45) is 0 Å². The summed E-state index contributed by atoms with van der Waals surface area (Å²) in [4.78, 5) is 12.3. The lowest BCUT2D eigenvalue weighted by Gasteiger charge is -2.12. The number of nitriles is 1. The van der Waals surface area contributed by atoms with Crippen LogP contribution in [0.1, 0.15) is 15.9 Å². The number of nitrogens with one attached hydrogen (secondary N) is 1. The van der Waals surface area contributed by atoms with Crippen LogP contribution in [-0.2, 0) is 0 Å². The van der Waals surface area contributed by atoms with Gasteiger partial charge in [0, 0.05) is 0 Å². The molecule has 1 amide bonds. The van der Waals surface area contributed by atoms with Crippen LogP contribution in [0.3, 0.4) is 0 Å². The molecule has 2 rings (SSSR count). The maximum absolute atomic E-state index is 13.5. The second-order valence-corrected chi connectivity index (χ2v) is 4.84. The van der Waals surface area contributed by atoms with Gasteiger partial charge >= 0.3 is 0 Å². The average molecular weight is 349 g/mol. The van der Waals surface area contributed by atoms with E-state index < -0.39 is 11.7 Å². The first-order valence-electron chi connectivity index (χ1n) is 5.91. The molecule has 0 radical (unpaired) electrons. The quantitative estimate of drug-likeness (QED) is 0.919. The van der Waals surface area contributed by atoms with E-state index in [2.05, 4.69) is 21.2 Å². The molecular formula is C15H10BrFN2O2. The van der Waals surface area contributed by atoms with Crippen molar-refractivity contribution in [3.63, 3.8) is 0 Å². The molecule has 2 aromatic carbocycles. The number of para-hydroxylation sites is 1. The molecule has 0 aliphatic carbocycles. The molecule has 0 aliphatic heterocycles. The van der Waals surface area contributed by atoms with Crippen LogP contribution >= 0.6 is 15.9 Å². The summed E-state index contributed by atoms with van der Waals surface area (Å²) in [5.74, 6) is -0.722. The fourth-order valence-corrected chi connectivity index (χ4v) is 2.23. The van der Waals surface area contributed by atoms with E-state index in [4.69, 9.17) is 10.00 Å². The number of halogens is 2. The van der Waals surface area contributed by atoms with Crippen molar-refractivity contribution in [1.29, 1.82) is 5.26 Å². The van der Waals surface area contributed by atoms with Crippen molar-refractivity contribution in [2.45, 2.75) is 0 Å². The summed E-state index contributed by atoms with van der Waals surface area (Å²) in [7, 11) is 1.43. The van der Waals surface area contributed by atoms with Crippen molar-refractivity contribution < 1.29 is 13.9 Å². The first-order valence-corrected chi connectivity index (χ1v) is 6.70. The molecule has 0 saturated heterocycles. The first kappa shape index (κ1) is 15.0. The molecule has 0 aliphatic rings. The van der Waals surface area contributed by atoms with Crippen LogP contribution < -0.4 is 10.1 Å². The third-order valence-electron chi connectivity index (χ3n) is 2.80. The summed E-state index contributed by atoms with van der Waals surface area (Å²) in [6, 6.07) is 10.9. The lowest BCUT2D eigenvalue weighted by Crippen LogP contribution is -2.14. The Morgan fingerprint density at radius 1 is 1.33 bits per heavy atom. The van der Waals surface area contributed by atoms with Crippen molar-refractivity contribution in [3.8, 4) is 11.8 Å². The third kappa shape index (κ3) is 3.03. The lowest BCUT2D eigenvalue weighted by atomic mass is 10.1. The van der Waals surface area contributed by atoms with Crippen LogP contribution in [0.4, 0.5) is 10.1 Å². The second kappa shape index (κ2) is 6.37. The summed E-state index contributed by atoms with van der Waals surface area (Å²) < 4.78 is 18.7. The Kier molecular flexibility index (Phi) is 4.55. The van der Waals surface area contributed by atoms with Gasteiger partial charge in [0.05, 0.1) is 22.7 Å². The number of nitrogens with zero attached hydrogens (tertiary/aromatic N) is 1. The van der Waals surface area contributed by atoms with E-state index in [0.717, 1.165) is 0 Å². The maximum Gasteiger partial charge on any atom is 0.257 e. The van der Waals surface area contributed by atoms with E-state index >= 15 is 0 Å². The zero-order chi connectivity index (χ0) is 15.4. The molecule has 0 heterocycles. The zero-order valence-corrected chi connectivity index (χ0v) is 12.6. The Labute approximate surface area is 129 Å². The largest absolute Gasteiger partial charge is 0.495 e. The lowest BCUT2D eigenvalue weighted by molar-refractivity contribution is 0.102. The SMILES string of the molecule is COc1cccc(C#N)c1NC(=O)c1cccc(F)c1Br. The minimum absolute atomic E-state index is 0.0657. The van der Waals surface area contributed by atoms with Gasteiger partial charge in [0.25, 0.3) is 5.91 Å². The molecule has 0 saturated carbocycles. The minimum Gasteiger partial charge on any atom is -0.495 e. The van der Waals surface area contributed by atoms with Gasteiger partial charge in [-0.2, -0.15) is 5.26 Å². The van der Waals surface area contributed by atoms with Gasteiger partial charge in [-0.05, 0) is 40.2 Å². The highest BCUT2D eigenvalue weighted by Gasteiger charge is 2.17. The summed E-state index contributed by atoms with van der Waals surface area (Å²) in [5, 5.41) is 11.7. The van der Waals surface area contributed by atoms with Crippen molar-refractivity contribution >= 4 is 27.5 Å². The molecule has 6 heteroatoms. The second-order valence-electron chi connectivity index (χ2n) is 4.05. The van der Waals surface area contributed by atoms with Crippen LogP contribution in [0.5, 0.6) is 5.75 Å². The molecule has 0 atom stereocenters. The molecule has 0 aromatic heterocycles. The average Bonchev–Trinajstić information content (AvgIpc) is 2.50. The highest BCUT2D eigenvalue weighted by molar-refractivity contribution is 9.10. The number of carbonyl (C=O) groups is 1. The van der Waals surface area contributed by atoms with Gasteiger partial charge in [-0.25, -0.2) is 4.39 Å². The molecule has 0 spiro atoms. The Balaban J connectivity index is 2.41. The number of amides is 1. The van der Waals surface area contributed by atoms with E-state index in [9.17, 15) is 9.18 Å². The Morgan fingerprint density at radius 2 is 2.05 bits per heavy atom. The van der Waals surface area contributed by atoms with Crippen LogP contribution in [0.2, 0.25) is 0 Å². The number of hydrogen-bond acceptors (Lipinski definition) is 3. The van der Waals surface area contributed by atoms with Crippen molar-refractivity contribution in [2.75, 3.05) is 12.4 Å². The fraction of sp³-hybridized carbons (Fsp3) is 0.0667. The molecule has 1 N–H and O–H groups in total. The summed E-state index contributed by atoms with van der Waals surface area (Å²) in [5.41, 5.74) is 0.642. The summed E-state index contributed by atoms with van der Waals surface area (Å²) in [6.45, 7) is 0. The van der Waals surface area contributed by atoms with Gasteiger partial charge in [0.15, 0.2) is 0 Å². The predicted molar refractivity (Wildman–Crippen MR) is 79.8 cm³/mol. The number of hydrogen-bond donors (Lipinski definition) is 1. The van der Waals surface area contributed by atoms with Gasteiger partial charge in [0.1, 0.15) is 23.3 Å². The molecule has 0 bridgehead atoms.